The van der Waals surface area contributed by atoms with Gasteiger partial charge in [0.1, 0.15) is 6.54 Å². The van der Waals surface area contributed by atoms with E-state index in [1.807, 2.05) is 6.92 Å². The molecule has 0 aliphatic heterocycles. The molecule has 4 heteroatoms. The molecule has 0 atom stereocenters. The molecule has 0 saturated carbocycles. The Morgan fingerprint density at radius 1 is 1.20 bits per heavy atom. The Morgan fingerprint density at radius 3 is 2.20 bits per heavy atom. The Morgan fingerprint density at radius 2 is 1.80 bits per heavy atom. The zero-order chi connectivity index (χ0) is 11.7. The molecule has 0 saturated heterocycles. The van der Waals surface area contributed by atoms with E-state index in [2.05, 4.69) is 23.7 Å². The lowest BCUT2D eigenvalue weighted by molar-refractivity contribution is -0.141. The third kappa shape index (κ3) is 5.40. The minimum absolute atomic E-state index is 0.132. The molecular weight excluding hydrogens is 192 g/mol. The Balaban J connectivity index is 4.26. The summed E-state index contributed by atoms with van der Waals surface area (Å²) in [6, 6.07) is 0. The van der Waals surface area contributed by atoms with Gasteiger partial charge in [-0.15, -0.1) is 0 Å². The van der Waals surface area contributed by atoms with E-state index in [9.17, 15) is 4.79 Å². The van der Waals surface area contributed by atoms with E-state index in [1.54, 1.807) is 6.92 Å². The maximum Gasteiger partial charge on any atom is 0.327 e. The van der Waals surface area contributed by atoms with E-state index in [0.717, 1.165) is 25.3 Å². The second-order valence-electron chi connectivity index (χ2n) is 3.06. The van der Waals surface area contributed by atoms with Crippen LogP contribution in [0.3, 0.4) is 0 Å². The zero-order valence-corrected chi connectivity index (χ0v) is 10.2. The quantitative estimate of drug-likeness (QED) is 0.384. The summed E-state index contributed by atoms with van der Waals surface area (Å²) in [4.78, 5) is 17.5. The first-order valence-corrected chi connectivity index (χ1v) is 5.63. The standard InChI is InChI=1S/C11H22N2O2/c1-5-10(13(6-2)7-3)12-9-11(14)15-8-4/h5-9H2,1-4H3. The number of nitrogens with zero attached hydrogens (tertiary/aromatic N) is 2. The van der Waals surface area contributed by atoms with Crippen molar-refractivity contribution >= 4 is 11.8 Å². The van der Waals surface area contributed by atoms with Crippen LogP contribution in [-0.2, 0) is 9.53 Å². The first kappa shape index (κ1) is 13.9. The van der Waals surface area contributed by atoms with Gasteiger partial charge in [-0.25, -0.2) is 0 Å². The highest BCUT2D eigenvalue weighted by atomic mass is 16.5. The van der Waals surface area contributed by atoms with Crippen LogP contribution in [0.25, 0.3) is 0 Å². The monoisotopic (exact) mass is 214 g/mol. The number of aliphatic imine (C=N–C) groups is 1. The molecule has 0 rings (SSSR count). The van der Waals surface area contributed by atoms with Crippen molar-refractivity contribution < 1.29 is 9.53 Å². The number of esters is 1. The van der Waals surface area contributed by atoms with Gasteiger partial charge in [0.05, 0.1) is 12.4 Å². The number of amidine groups is 1. The van der Waals surface area contributed by atoms with Crippen LogP contribution in [0.2, 0.25) is 0 Å². The molecule has 0 aromatic heterocycles. The Labute approximate surface area is 92.3 Å². The van der Waals surface area contributed by atoms with Crippen LogP contribution >= 0.6 is 0 Å². The minimum Gasteiger partial charge on any atom is -0.465 e. The summed E-state index contributed by atoms with van der Waals surface area (Å²) in [5.41, 5.74) is 0. The third-order valence-corrected chi connectivity index (χ3v) is 2.14. The van der Waals surface area contributed by atoms with Gasteiger partial charge in [0.25, 0.3) is 0 Å². The zero-order valence-electron chi connectivity index (χ0n) is 10.2. The van der Waals surface area contributed by atoms with E-state index < -0.39 is 0 Å². The summed E-state index contributed by atoms with van der Waals surface area (Å²) < 4.78 is 4.82. The Bertz CT molecular complexity index is 211. The number of hydrogen-bond donors (Lipinski definition) is 0. The maximum atomic E-state index is 11.1. The summed E-state index contributed by atoms with van der Waals surface area (Å²) in [6.07, 6.45) is 0.848. The normalized spacial score (nSPS) is 11.3. The number of hydrogen-bond acceptors (Lipinski definition) is 3. The molecule has 88 valence electrons. The molecule has 0 spiro atoms. The molecule has 0 aromatic rings. The molecule has 15 heavy (non-hydrogen) atoms. The summed E-state index contributed by atoms with van der Waals surface area (Å²) in [5.74, 6) is 0.726. The van der Waals surface area contributed by atoms with Crippen molar-refractivity contribution in [3.63, 3.8) is 0 Å². The van der Waals surface area contributed by atoms with Gasteiger partial charge in [0.15, 0.2) is 0 Å². The summed E-state index contributed by atoms with van der Waals surface area (Å²) in [6.45, 7) is 10.4. The second-order valence-corrected chi connectivity index (χ2v) is 3.06. The van der Waals surface area contributed by atoms with E-state index in [1.165, 1.54) is 0 Å². The minimum atomic E-state index is -0.254. The van der Waals surface area contributed by atoms with Gasteiger partial charge >= 0.3 is 5.97 Å². The largest absolute Gasteiger partial charge is 0.465 e. The SMILES string of the molecule is CCOC(=O)CN=C(CC)N(CC)CC. The fourth-order valence-corrected chi connectivity index (χ4v) is 1.39. The third-order valence-electron chi connectivity index (χ3n) is 2.14. The summed E-state index contributed by atoms with van der Waals surface area (Å²) in [5, 5.41) is 0. The van der Waals surface area contributed by atoms with Gasteiger partial charge in [-0.3, -0.25) is 9.79 Å². The predicted octanol–water partition coefficient (Wildman–Crippen LogP) is 1.70. The first-order chi connectivity index (χ1) is 7.19. The molecule has 0 amide bonds. The van der Waals surface area contributed by atoms with Crippen LogP contribution in [0.5, 0.6) is 0 Å². The van der Waals surface area contributed by atoms with Crippen LogP contribution in [0.4, 0.5) is 0 Å². The lowest BCUT2D eigenvalue weighted by Crippen LogP contribution is -2.30. The number of carbonyl (C=O) groups is 1. The van der Waals surface area contributed by atoms with Gasteiger partial charge in [0, 0.05) is 19.5 Å². The predicted molar refractivity (Wildman–Crippen MR) is 62.1 cm³/mol. The highest BCUT2D eigenvalue weighted by molar-refractivity contribution is 5.84. The van der Waals surface area contributed by atoms with Gasteiger partial charge in [-0.1, -0.05) is 6.92 Å². The van der Waals surface area contributed by atoms with Crippen molar-refractivity contribution in [2.24, 2.45) is 4.99 Å². The highest BCUT2D eigenvalue weighted by Gasteiger charge is 2.06. The molecule has 0 bridgehead atoms. The van der Waals surface area contributed by atoms with Crippen molar-refractivity contribution in [3.8, 4) is 0 Å². The molecule has 0 radical (unpaired) electrons. The highest BCUT2D eigenvalue weighted by Crippen LogP contribution is 1.97. The molecular formula is C11H22N2O2. The lowest BCUT2D eigenvalue weighted by Gasteiger charge is -2.22. The second kappa shape index (κ2) is 8.26. The van der Waals surface area contributed by atoms with E-state index in [0.29, 0.717) is 6.61 Å². The van der Waals surface area contributed by atoms with Gasteiger partial charge < -0.3 is 9.64 Å². The van der Waals surface area contributed by atoms with Gasteiger partial charge in [-0.05, 0) is 20.8 Å². The van der Waals surface area contributed by atoms with Crippen molar-refractivity contribution in [1.82, 2.24) is 4.90 Å². The van der Waals surface area contributed by atoms with Gasteiger partial charge in [-0.2, -0.15) is 0 Å². The molecule has 0 aromatic carbocycles. The Kier molecular flexibility index (Phi) is 7.68. The smallest absolute Gasteiger partial charge is 0.327 e. The first-order valence-electron chi connectivity index (χ1n) is 5.63. The maximum absolute atomic E-state index is 11.1. The Hall–Kier alpha value is -1.06. The van der Waals surface area contributed by atoms with E-state index >= 15 is 0 Å². The van der Waals surface area contributed by atoms with Crippen LogP contribution < -0.4 is 0 Å². The molecule has 0 heterocycles. The van der Waals surface area contributed by atoms with Crippen molar-refractivity contribution in [2.75, 3.05) is 26.2 Å². The summed E-state index contributed by atoms with van der Waals surface area (Å²) in [7, 11) is 0. The summed E-state index contributed by atoms with van der Waals surface area (Å²) >= 11 is 0. The fraction of sp³-hybridized carbons (Fsp3) is 0.818. The molecule has 0 fully saturated rings. The van der Waals surface area contributed by atoms with Crippen molar-refractivity contribution in [2.45, 2.75) is 34.1 Å². The van der Waals surface area contributed by atoms with Crippen LogP contribution in [0.15, 0.2) is 4.99 Å². The topological polar surface area (TPSA) is 41.9 Å². The van der Waals surface area contributed by atoms with Crippen LogP contribution in [0.1, 0.15) is 34.1 Å². The number of rotatable bonds is 6. The molecule has 4 nitrogen and oxygen atoms in total. The molecule has 0 N–H and O–H groups in total. The van der Waals surface area contributed by atoms with Crippen molar-refractivity contribution in [1.29, 1.82) is 0 Å². The van der Waals surface area contributed by atoms with Crippen LogP contribution in [-0.4, -0.2) is 42.9 Å². The lowest BCUT2D eigenvalue weighted by atomic mass is 10.3. The molecule has 0 aliphatic rings. The number of ether oxygens (including phenoxy) is 1. The number of carbonyl (C=O) groups excluding carboxylic acids is 1. The van der Waals surface area contributed by atoms with Gasteiger partial charge in [0.2, 0.25) is 0 Å². The average Bonchev–Trinajstić information content (AvgIpc) is 2.24. The molecule has 0 aliphatic carbocycles. The average molecular weight is 214 g/mol. The molecule has 0 unspecified atom stereocenters. The van der Waals surface area contributed by atoms with Crippen LogP contribution in [0, 0.1) is 0 Å². The van der Waals surface area contributed by atoms with E-state index in [4.69, 9.17) is 4.74 Å². The van der Waals surface area contributed by atoms with E-state index in [-0.39, 0.29) is 12.5 Å². The fourth-order valence-electron chi connectivity index (χ4n) is 1.39. The van der Waals surface area contributed by atoms with Crippen molar-refractivity contribution in [3.05, 3.63) is 0 Å².